The molecule has 4 nitrogen and oxygen atoms in total. The number of rotatable bonds is 7. The second-order valence-electron chi connectivity index (χ2n) is 4.03. The van der Waals surface area contributed by atoms with Crippen LogP contribution < -0.4 is 5.32 Å². The normalized spacial score (nSPS) is 9.83. The number of benzene rings is 1. The molecule has 0 aromatic heterocycles. The highest BCUT2D eigenvalue weighted by Crippen LogP contribution is 2.00. The van der Waals surface area contributed by atoms with Gasteiger partial charge in [-0.05, 0) is 12.0 Å². The predicted octanol–water partition coefficient (Wildman–Crippen LogP) is 1.69. The van der Waals surface area contributed by atoms with Gasteiger partial charge in [0.05, 0.1) is 6.42 Å². The first-order chi connectivity index (χ1) is 8.72. The van der Waals surface area contributed by atoms with Crippen molar-refractivity contribution in [3.05, 3.63) is 35.9 Å². The molecular formula is C14H19NO3. The van der Waals surface area contributed by atoms with E-state index in [1.807, 2.05) is 37.3 Å². The molecule has 0 aliphatic rings. The number of nitrogens with one attached hydrogen (secondary N) is 1. The maximum absolute atomic E-state index is 11.4. The van der Waals surface area contributed by atoms with Crippen molar-refractivity contribution in [2.24, 2.45) is 0 Å². The van der Waals surface area contributed by atoms with Gasteiger partial charge in [0.2, 0.25) is 0 Å². The van der Waals surface area contributed by atoms with Crippen LogP contribution in [0, 0.1) is 0 Å². The Morgan fingerprint density at radius 1 is 1.22 bits per heavy atom. The van der Waals surface area contributed by atoms with Gasteiger partial charge in [0.25, 0.3) is 5.91 Å². The molecule has 0 aliphatic carbocycles. The van der Waals surface area contributed by atoms with Gasteiger partial charge in [-0.25, -0.2) is 0 Å². The third-order valence-electron chi connectivity index (χ3n) is 2.41. The zero-order valence-corrected chi connectivity index (χ0v) is 10.6. The Morgan fingerprint density at radius 2 is 1.94 bits per heavy atom. The van der Waals surface area contributed by atoms with E-state index in [-0.39, 0.29) is 24.9 Å². The Labute approximate surface area is 107 Å². The van der Waals surface area contributed by atoms with E-state index in [9.17, 15) is 9.59 Å². The molecule has 1 N–H and O–H groups in total. The summed E-state index contributed by atoms with van der Waals surface area (Å²) in [5.41, 5.74) is 0.883. The van der Waals surface area contributed by atoms with Crippen LogP contribution >= 0.6 is 0 Å². The van der Waals surface area contributed by atoms with Crippen LogP contribution in [0.1, 0.15) is 25.3 Å². The van der Waals surface area contributed by atoms with E-state index < -0.39 is 0 Å². The van der Waals surface area contributed by atoms with E-state index in [0.717, 1.165) is 18.4 Å². The van der Waals surface area contributed by atoms with E-state index in [1.54, 1.807) is 0 Å². The van der Waals surface area contributed by atoms with Crippen LogP contribution in [0.25, 0.3) is 0 Å². The summed E-state index contributed by atoms with van der Waals surface area (Å²) in [4.78, 5) is 22.7. The van der Waals surface area contributed by atoms with Gasteiger partial charge in [-0.3, -0.25) is 9.59 Å². The third kappa shape index (κ3) is 6.03. The van der Waals surface area contributed by atoms with Crippen LogP contribution in [0.4, 0.5) is 0 Å². The highest BCUT2D eigenvalue weighted by molar-refractivity contribution is 5.81. The molecule has 0 aliphatic heterocycles. The molecule has 0 fully saturated rings. The van der Waals surface area contributed by atoms with Crippen LogP contribution in [0.5, 0.6) is 0 Å². The predicted molar refractivity (Wildman–Crippen MR) is 69.0 cm³/mol. The van der Waals surface area contributed by atoms with Gasteiger partial charge in [-0.1, -0.05) is 43.7 Å². The third-order valence-corrected chi connectivity index (χ3v) is 2.41. The molecule has 0 spiro atoms. The largest absolute Gasteiger partial charge is 0.455 e. The number of hydrogen-bond donors (Lipinski definition) is 1. The van der Waals surface area contributed by atoms with E-state index in [2.05, 4.69) is 5.32 Å². The Morgan fingerprint density at radius 3 is 2.61 bits per heavy atom. The number of hydrogen-bond acceptors (Lipinski definition) is 3. The highest BCUT2D eigenvalue weighted by Gasteiger charge is 2.07. The molecule has 1 rings (SSSR count). The first-order valence-corrected chi connectivity index (χ1v) is 6.18. The minimum absolute atomic E-state index is 0.197. The molecule has 18 heavy (non-hydrogen) atoms. The minimum Gasteiger partial charge on any atom is -0.455 e. The first kappa shape index (κ1) is 14.2. The topological polar surface area (TPSA) is 55.4 Å². The SMILES string of the molecule is CCCCNC(=O)COC(=O)Cc1ccccc1. The summed E-state index contributed by atoms with van der Waals surface area (Å²) in [5, 5.41) is 2.69. The summed E-state index contributed by atoms with van der Waals surface area (Å²) in [7, 11) is 0. The number of carbonyl (C=O) groups is 2. The van der Waals surface area contributed by atoms with Crippen LogP contribution in [0.15, 0.2) is 30.3 Å². The average Bonchev–Trinajstić information content (AvgIpc) is 2.38. The van der Waals surface area contributed by atoms with Gasteiger partial charge >= 0.3 is 5.97 Å². The molecule has 1 amide bonds. The molecule has 98 valence electrons. The van der Waals surface area contributed by atoms with E-state index in [1.165, 1.54) is 0 Å². The summed E-state index contributed by atoms with van der Waals surface area (Å²) in [6.45, 7) is 2.48. The second kappa shape index (κ2) is 8.28. The lowest BCUT2D eigenvalue weighted by Gasteiger charge is -2.06. The van der Waals surface area contributed by atoms with Gasteiger partial charge in [-0.15, -0.1) is 0 Å². The molecule has 0 heterocycles. The van der Waals surface area contributed by atoms with Crippen molar-refractivity contribution < 1.29 is 14.3 Å². The lowest BCUT2D eigenvalue weighted by atomic mass is 10.2. The zero-order valence-electron chi connectivity index (χ0n) is 10.6. The number of esters is 1. The molecule has 0 unspecified atom stereocenters. The van der Waals surface area contributed by atoms with Crippen LogP contribution in [-0.4, -0.2) is 25.0 Å². The maximum Gasteiger partial charge on any atom is 0.310 e. The molecule has 0 radical (unpaired) electrons. The highest BCUT2D eigenvalue weighted by atomic mass is 16.5. The van der Waals surface area contributed by atoms with Crippen molar-refractivity contribution in [1.29, 1.82) is 0 Å². The summed E-state index contributed by atoms with van der Waals surface area (Å²) in [5.74, 6) is -0.628. The quantitative estimate of drug-likeness (QED) is 0.591. The van der Waals surface area contributed by atoms with E-state index in [4.69, 9.17) is 4.74 Å². The number of amides is 1. The van der Waals surface area contributed by atoms with Crippen LogP contribution in [0.2, 0.25) is 0 Å². The fraction of sp³-hybridized carbons (Fsp3) is 0.429. The van der Waals surface area contributed by atoms with Gasteiger partial charge in [0.1, 0.15) is 0 Å². The monoisotopic (exact) mass is 249 g/mol. The lowest BCUT2D eigenvalue weighted by Crippen LogP contribution is -2.29. The van der Waals surface area contributed by atoms with Gasteiger partial charge in [-0.2, -0.15) is 0 Å². The molecule has 1 aromatic carbocycles. The smallest absolute Gasteiger partial charge is 0.310 e. The van der Waals surface area contributed by atoms with Gasteiger partial charge in [0.15, 0.2) is 6.61 Å². The molecule has 4 heteroatoms. The Hall–Kier alpha value is -1.84. The summed E-state index contributed by atoms with van der Waals surface area (Å²) in [6.07, 6.45) is 2.15. The summed E-state index contributed by atoms with van der Waals surface area (Å²) < 4.78 is 4.89. The first-order valence-electron chi connectivity index (χ1n) is 6.18. The van der Waals surface area contributed by atoms with Gasteiger partial charge < -0.3 is 10.1 Å². The summed E-state index contributed by atoms with van der Waals surface area (Å²) >= 11 is 0. The van der Waals surface area contributed by atoms with E-state index >= 15 is 0 Å². The average molecular weight is 249 g/mol. The maximum atomic E-state index is 11.4. The standard InChI is InChI=1S/C14H19NO3/c1-2-3-9-15-13(16)11-18-14(17)10-12-7-5-4-6-8-12/h4-8H,2-3,9-11H2,1H3,(H,15,16). The summed E-state index contributed by atoms with van der Waals surface area (Å²) in [6, 6.07) is 9.31. The van der Waals surface area contributed by atoms with Crippen molar-refractivity contribution in [1.82, 2.24) is 5.32 Å². The fourth-order valence-electron chi connectivity index (χ4n) is 1.42. The number of unbranched alkanes of at least 4 members (excludes halogenated alkanes) is 1. The lowest BCUT2D eigenvalue weighted by molar-refractivity contribution is -0.147. The Balaban J connectivity index is 2.19. The van der Waals surface area contributed by atoms with Crippen molar-refractivity contribution in [2.75, 3.05) is 13.2 Å². The Bertz CT molecular complexity index is 376. The van der Waals surface area contributed by atoms with Crippen molar-refractivity contribution >= 4 is 11.9 Å². The van der Waals surface area contributed by atoms with Crippen molar-refractivity contribution in [2.45, 2.75) is 26.2 Å². The van der Waals surface area contributed by atoms with Crippen LogP contribution in [0.3, 0.4) is 0 Å². The molecule has 0 bridgehead atoms. The zero-order chi connectivity index (χ0) is 13.2. The van der Waals surface area contributed by atoms with Gasteiger partial charge in [0, 0.05) is 6.54 Å². The fourth-order valence-corrected chi connectivity index (χ4v) is 1.42. The molecule has 1 aromatic rings. The number of ether oxygens (including phenoxy) is 1. The molecule has 0 atom stereocenters. The minimum atomic E-state index is -0.383. The number of carbonyl (C=O) groups excluding carboxylic acids is 2. The molecular weight excluding hydrogens is 230 g/mol. The van der Waals surface area contributed by atoms with E-state index in [0.29, 0.717) is 6.54 Å². The van der Waals surface area contributed by atoms with Crippen LogP contribution in [-0.2, 0) is 20.7 Å². The molecule has 0 saturated carbocycles. The van der Waals surface area contributed by atoms with Crippen molar-refractivity contribution in [3.8, 4) is 0 Å². The van der Waals surface area contributed by atoms with Crippen molar-refractivity contribution in [3.63, 3.8) is 0 Å². The molecule has 0 saturated heterocycles. The second-order valence-corrected chi connectivity index (χ2v) is 4.03. The Kier molecular flexibility index (Phi) is 6.54.